The highest BCUT2D eigenvalue weighted by Crippen LogP contribution is 2.18. The van der Waals surface area contributed by atoms with E-state index in [4.69, 9.17) is 4.74 Å². The van der Waals surface area contributed by atoms with E-state index in [9.17, 15) is 4.79 Å². The van der Waals surface area contributed by atoms with E-state index in [2.05, 4.69) is 5.32 Å². The molecule has 4 heteroatoms. The molecule has 16 heavy (non-hydrogen) atoms. The summed E-state index contributed by atoms with van der Waals surface area (Å²) in [6, 6.07) is 0.395. The fraction of sp³-hybridized carbons (Fsp3) is 0.917. The van der Waals surface area contributed by atoms with Gasteiger partial charge < -0.3 is 15.0 Å². The van der Waals surface area contributed by atoms with Gasteiger partial charge in [0.1, 0.15) is 6.10 Å². The smallest absolute Gasteiger partial charge is 0.251 e. The Hall–Kier alpha value is -0.610. The van der Waals surface area contributed by atoms with Crippen molar-refractivity contribution in [2.75, 3.05) is 26.7 Å². The summed E-state index contributed by atoms with van der Waals surface area (Å²) in [7, 11) is 1.93. The summed E-state index contributed by atoms with van der Waals surface area (Å²) in [5, 5.41) is 3.37. The molecular formula is C12H22N2O2. The van der Waals surface area contributed by atoms with Gasteiger partial charge in [0.2, 0.25) is 0 Å². The van der Waals surface area contributed by atoms with Crippen LogP contribution in [0.2, 0.25) is 0 Å². The third kappa shape index (κ3) is 2.74. The van der Waals surface area contributed by atoms with Gasteiger partial charge in [-0.25, -0.2) is 0 Å². The molecule has 1 unspecified atom stereocenters. The number of ether oxygens (including phenoxy) is 1. The Morgan fingerprint density at radius 1 is 1.25 bits per heavy atom. The van der Waals surface area contributed by atoms with Gasteiger partial charge in [0.05, 0.1) is 0 Å². The van der Waals surface area contributed by atoms with Crippen LogP contribution in [0.3, 0.4) is 0 Å². The summed E-state index contributed by atoms with van der Waals surface area (Å²) in [5.74, 6) is 0.185. The van der Waals surface area contributed by atoms with E-state index in [0.29, 0.717) is 6.04 Å². The molecule has 2 aliphatic heterocycles. The Balaban J connectivity index is 1.88. The number of likely N-dealkylation sites (N-methyl/N-ethyl adjacent to an activating group) is 1. The first-order valence-corrected chi connectivity index (χ1v) is 6.38. The van der Waals surface area contributed by atoms with E-state index >= 15 is 0 Å². The zero-order valence-electron chi connectivity index (χ0n) is 10.1. The van der Waals surface area contributed by atoms with Gasteiger partial charge >= 0.3 is 0 Å². The summed E-state index contributed by atoms with van der Waals surface area (Å²) in [5.41, 5.74) is 0. The number of nitrogens with one attached hydrogen (secondary N) is 1. The molecule has 2 fully saturated rings. The minimum atomic E-state index is -0.166. The van der Waals surface area contributed by atoms with Gasteiger partial charge in [-0.2, -0.15) is 0 Å². The molecule has 2 aliphatic rings. The van der Waals surface area contributed by atoms with E-state index in [1.807, 2.05) is 11.9 Å². The monoisotopic (exact) mass is 226 g/mol. The van der Waals surface area contributed by atoms with Crippen LogP contribution in [0, 0.1) is 0 Å². The normalized spacial score (nSPS) is 31.1. The van der Waals surface area contributed by atoms with Crippen LogP contribution in [-0.2, 0) is 9.53 Å². The van der Waals surface area contributed by atoms with Crippen molar-refractivity contribution in [3.05, 3.63) is 0 Å². The topological polar surface area (TPSA) is 41.6 Å². The molecule has 1 N–H and O–H groups in total. The Labute approximate surface area is 97.3 Å². The highest BCUT2D eigenvalue weighted by Gasteiger charge is 2.30. The van der Waals surface area contributed by atoms with Crippen LogP contribution in [0.15, 0.2) is 0 Å². The number of hydrogen-bond acceptors (Lipinski definition) is 3. The van der Waals surface area contributed by atoms with E-state index < -0.39 is 0 Å². The van der Waals surface area contributed by atoms with E-state index in [1.165, 1.54) is 0 Å². The number of hydrogen-bond donors (Lipinski definition) is 1. The van der Waals surface area contributed by atoms with Crippen molar-refractivity contribution in [2.24, 2.45) is 0 Å². The molecule has 4 nitrogen and oxygen atoms in total. The SMILES string of the molecule is CN(C(=O)[C@@H]1CCCO1)C1CCCNCC1. The van der Waals surface area contributed by atoms with Crippen LogP contribution in [0.1, 0.15) is 32.1 Å². The molecule has 0 aromatic carbocycles. The van der Waals surface area contributed by atoms with E-state index in [-0.39, 0.29) is 12.0 Å². The van der Waals surface area contributed by atoms with Gasteiger partial charge in [-0.1, -0.05) is 0 Å². The first-order valence-electron chi connectivity index (χ1n) is 6.38. The number of amides is 1. The second-order valence-corrected chi connectivity index (χ2v) is 4.79. The van der Waals surface area contributed by atoms with Gasteiger partial charge in [0.25, 0.3) is 5.91 Å². The maximum absolute atomic E-state index is 12.1. The minimum absolute atomic E-state index is 0.166. The van der Waals surface area contributed by atoms with Crippen molar-refractivity contribution in [1.82, 2.24) is 10.2 Å². The minimum Gasteiger partial charge on any atom is -0.368 e. The van der Waals surface area contributed by atoms with Gasteiger partial charge in [-0.05, 0) is 45.2 Å². The average molecular weight is 226 g/mol. The molecule has 2 heterocycles. The molecule has 1 amide bonds. The third-order valence-corrected chi connectivity index (χ3v) is 3.65. The van der Waals surface area contributed by atoms with Crippen LogP contribution >= 0.6 is 0 Å². The van der Waals surface area contributed by atoms with Crippen molar-refractivity contribution < 1.29 is 9.53 Å². The standard InChI is InChI=1S/C12H22N2O2/c1-14(10-4-2-7-13-8-6-10)12(15)11-5-3-9-16-11/h10-11,13H,2-9H2,1H3/t10?,11-/m0/s1. The molecule has 0 bridgehead atoms. The molecule has 2 rings (SSSR count). The number of carbonyl (C=O) groups excluding carboxylic acids is 1. The highest BCUT2D eigenvalue weighted by molar-refractivity contribution is 5.81. The predicted octanol–water partition coefficient (Wildman–Crippen LogP) is 0.766. The Bertz CT molecular complexity index is 231. The quantitative estimate of drug-likeness (QED) is 0.756. The second kappa shape index (κ2) is 5.64. The van der Waals surface area contributed by atoms with Crippen LogP contribution < -0.4 is 5.32 Å². The maximum atomic E-state index is 12.1. The first kappa shape index (κ1) is 11.9. The first-order chi connectivity index (χ1) is 7.79. The summed E-state index contributed by atoms with van der Waals surface area (Å²) in [4.78, 5) is 14.1. The number of carbonyl (C=O) groups is 1. The second-order valence-electron chi connectivity index (χ2n) is 4.79. The lowest BCUT2D eigenvalue weighted by atomic mass is 10.1. The van der Waals surface area contributed by atoms with E-state index in [1.54, 1.807) is 0 Å². The van der Waals surface area contributed by atoms with Gasteiger partial charge in [0, 0.05) is 19.7 Å². The molecule has 2 saturated heterocycles. The summed E-state index contributed by atoms with van der Waals surface area (Å²) >= 11 is 0. The Morgan fingerprint density at radius 2 is 2.12 bits per heavy atom. The largest absolute Gasteiger partial charge is 0.368 e. The van der Waals surface area contributed by atoms with Crippen molar-refractivity contribution in [3.63, 3.8) is 0 Å². The maximum Gasteiger partial charge on any atom is 0.251 e. The van der Waals surface area contributed by atoms with Gasteiger partial charge in [-0.3, -0.25) is 4.79 Å². The molecule has 0 aromatic rings. The lowest BCUT2D eigenvalue weighted by Crippen LogP contribution is -2.43. The van der Waals surface area contributed by atoms with Gasteiger partial charge in [-0.15, -0.1) is 0 Å². The zero-order valence-corrected chi connectivity index (χ0v) is 10.1. The average Bonchev–Trinajstić information content (AvgIpc) is 2.70. The lowest BCUT2D eigenvalue weighted by Gasteiger charge is -2.29. The van der Waals surface area contributed by atoms with E-state index in [0.717, 1.165) is 51.8 Å². The molecule has 92 valence electrons. The van der Waals surface area contributed by atoms with Crippen molar-refractivity contribution in [2.45, 2.75) is 44.2 Å². The molecule has 0 aromatic heterocycles. The van der Waals surface area contributed by atoms with Crippen molar-refractivity contribution >= 4 is 5.91 Å². The molecular weight excluding hydrogens is 204 g/mol. The summed E-state index contributed by atoms with van der Waals surface area (Å²) in [6.07, 6.45) is 5.09. The number of nitrogens with zero attached hydrogens (tertiary/aromatic N) is 1. The zero-order chi connectivity index (χ0) is 11.4. The number of rotatable bonds is 2. The molecule has 2 atom stereocenters. The van der Waals surface area contributed by atoms with Crippen LogP contribution in [-0.4, -0.2) is 49.7 Å². The molecule has 0 spiro atoms. The van der Waals surface area contributed by atoms with Crippen LogP contribution in [0.25, 0.3) is 0 Å². The van der Waals surface area contributed by atoms with Crippen LogP contribution in [0.4, 0.5) is 0 Å². The molecule has 0 radical (unpaired) electrons. The van der Waals surface area contributed by atoms with Crippen molar-refractivity contribution in [3.8, 4) is 0 Å². The highest BCUT2D eigenvalue weighted by atomic mass is 16.5. The fourth-order valence-corrected chi connectivity index (χ4v) is 2.57. The molecule has 0 aliphatic carbocycles. The third-order valence-electron chi connectivity index (χ3n) is 3.65. The summed E-state index contributed by atoms with van der Waals surface area (Å²) in [6.45, 7) is 2.85. The lowest BCUT2D eigenvalue weighted by molar-refractivity contribution is -0.141. The van der Waals surface area contributed by atoms with Crippen LogP contribution in [0.5, 0.6) is 0 Å². The Morgan fingerprint density at radius 3 is 2.88 bits per heavy atom. The fourth-order valence-electron chi connectivity index (χ4n) is 2.57. The predicted molar refractivity (Wildman–Crippen MR) is 62.3 cm³/mol. The van der Waals surface area contributed by atoms with Gasteiger partial charge in [0.15, 0.2) is 0 Å². The molecule has 0 saturated carbocycles. The summed E-state index contributed by atoms with van der Waals surface area (Å²) < 4.78 is 5.45. The Kier molecular flexibility index (Phi) is 4.18. The van der Waals surface area contributed by atoms with Crippen molar-refractivity contribution in [1.29, 1.82) is 0 Å².